The number of aromatic nitrogens is 5. The minimum Gasteiger partial charge on any atom is -0.309 e. The Kier molecular flexibility index (Phi) is 7.42. The Morgan fingerprint density at radius 1 is 0.286 bits per heavy atom. The molecule has 5 nitrogen and oxygen atoms in total. The lowest BCUT2D eigenvalue weighted by molar-refractivity contribution is 1.07. The van der Waals surface area contributed by atoms with E-state index in [9.17, 15) is 0 Å². The zero-order valence-electron chi connectivity index (χ0n) is 30.3. The molecule has 11 aromatic rings. The molecule has 0 bridgehead atoms. The van der Waals surface area contributed by atoms with Gasteiger partial charge < -0.3 is 9.13 Å². The molecular weight excluding hydrogens is 683 g/mol. The van der Waals surface area contributed by atoms with E-state index < -0.39 is 0 Å². The first-order chi connectivity index (χ1) is 27.8. The summed E-state index contributed by atoms with van der Waals surface area (Å²) in [6, 6.07) is 70.4. The van der Waals surface area contributed by atoms with Crippen molar-refractivity contribution in [1.82, 2.24) is 24.1 Å². The standard InChI is InChI=1S/C51H33N5/c1-4-17-34(18-5-1)38-32-31-37(51-53-49(35-19-6-2-7-20-35)52-50(54-51)36-21-8-3-9-22-36)33-47(38)56-44-28-15-12-25-41(44)48-45(29-16-30-46(48)56)55-42-26-13-10-23-39(42)40-24-11-14-27-43(40)55/h1-33H. The van der Waals surface area contributed by atoms with Crippen molar-refractivity contribution in [3.05, 3.63) is 200 Å². The van der Waals surface area contributed by atoms with E-state index in [1.54, 1.807) is 0 Å². The van der Waals surface area contributed by atoms with Crippen LogP contribution in [-0.4, -0.2) is 24.1 Å². The molecule has 3 heterocycles. The van der Waals surface area contributed by atoms with Crippen molar-refractivity contribution >= 4 is 43.6 Å². The molecule has 11 rings (SSSR count). The van der Waals surface area contributed by atoms with Gasteiger partial charge in [0.15, 0.2) is 17.5 Å². The second-order valence-corrected chi connectivity index (χ2v) is 14.0. The summed E-state index contributed by atoms with van der Waals surface area (Å²) in [5.41, 5.74) is 11.8. The molecule has 0 aliphatic carbocycles. The summed E-state index contributed by atoms with van der Waals surface area (Å²) in [7, 11) is 0. The summed E-state index contributed by atoms with van der Waals surface area (Å²) in [4.78, 5) is 15.2. The molecule has 262 valence electrons. The zero-order valence-corrected chi connectivity index (χ0v) is 30.3. The predicted octanol–water partition coefficient (Wildman–Crippen LogP) is 12.7. The number of fused-ring (bicyclic) bond motifs is 6. The molecule has 0 spiro atoms. The molecule has 5 heteroatoms. The van der Waals surface area contributed by atoms with E-state index in [0.717, 1.165) is 50.2 Å². The second kappa shape index (κ2) is 13.0. The number of hydrogen-bond acceptors (Lipinski definition) is 3. The molecule has 0 fully saturated rings. The lowest BCUT2D eigenvalue weighted by Crippen LogP contribution is -2.02. The highest BCUT2D eigenvalue weighted by atomic mass is 15.0. The molecule has 0 aliphatic rings. The molecule has 0 N–H and O–H groups in total. The quantitative estimate of drug-likeness (QED) is 0.172. The summed E-state index contributed by atoms with van der Waals surface area (Å²) in [5.74, 6) is 1.89. The summed E-state index contributed by atoms with van der Waals surface area (Å²) in [6.45, 7) is 0. The average molecular weight is 716 g/mol. The molecule has 0 unspecified atom stereocenters. The van der Waals surface area contributed by atoms with Gasteiger partial charge in [-0.05, 0) is 42.0 Å². The minimum absolute atomic E-state index is 0.616. The van der Waals surface area contributed by atoms with Gasteiger partial charge >= 0.3 is 0 Å². The van der Waals surface area contributed by atoms with Crippen LogP contribution in [0.25, 0.3) is 100 Å². The second-order valence-electron chi connectivity index (χ2n) is 14.0. The molecule has 0 aliphatic heterocycles. The summed E-state index contributed by atoms with van der Waals surface area (Å²) in [5, 5.41) is 4.86. The van der Waals surface area contributed by atoms with Gasteiger partial charge in [0.05, 0.1) is 33.4 Å². The Morgan fingerprint density at radius 2 is 0.714 bits per heavy atom. The third-order valence-corrected chi connectivity index (χ3v) is 10.8. The first-order valence-corrected chi connectivity index (χ1v) is 18.9. The van der Waals surface area contributed by atoms with Crippen molar-refractivity contribution < 1.29 is 0 Å². The van der Waals surface area contributed by atoms with E-state index in [2.05, 4.69) is 149 Å². The third-order valence-electron chi connectivity index (χ3n) is 10.8. The number of rotatable bonds is 6. The van der Waals surface area contributed by atoms with E-state index in [0.29, 0.717) is 17.5 Å². The smallest absolute Gasteiger partial charge is 0.164 e. The molecular formula is C51H33N5. The normalized spacial score (nSPS) is 11.6. The molecule has 3 aromatic heterocycles. The Labute approximate surface area is 323 Å². The maximum absolute atomic E-state index is 5.12. The molecule has 0 radical (unpaired) electrons. The van der Waals surface area contributed by atoms with Gasteiger partial charge in [0.1, 0.15) is 0 Å². The van der Waals surface area contributed by atoms with Crippen molar-refractivity contribution in [3.63, 3.8) is 0 Å². The summed E-state index contributed by atoms with van der Waals surface area (Å²) >= 11 is 0. The van der Waals surface area contributed by atoms with E-state index in [4.69, 9.17) is 15.0 Å². The van der Waals surface area contributed by atoms with Crippen LogP contribution in [-0.2, 0) is 0 Å². The SMILES string of the molecule is c1ccc(-c2nc(-c3ccccc3)nc(-c3ccc(-c4ccccc4)c(-n4c5ccccc5c5c(-n6c7ccccc7c7ccccc76)cccc54)c3)n2)cc1. The topological polar surface area (TPSA) is 48.5 Å². The van der Waals surface area contributed by atoms with Gasteiger partial charge in [-0.3, -0.25) is 0 Å². The zero-order chi connectivity index (χ0) is 37.0. The van der Waals surface area contributed by atoms with Crippen LogP contribution >= 0.6 is 0 Å². The lowest BCUT2D eigenvalue weighted by Gasteiger charge is -2.17. The van der Waals surface area contributed by atoms with Crippen molar-refractivity contribution in [2.24, 2.45) is 0 Å². The molecule has 0 amide bonds. The highest BCUT2D eigenvalue weighted by Crippen LogP contribution is 2.42. The first kappa shape index (κ1) is 31.9. The van der Waals surface area contributed by atoms with Crippen LogP contribution < -0.4 is 0 Å². The molecule has 0 saturated carbocycles. The number of benzene rings is 8. The van der Waals surface area contributed by atoms with Crippen LogP contribution in [0.1, 0.15) is 0 Å². The van der Waals surface area contributed by atoms with Gasteiger partial charge in [0.2, 0.25) is 0 Å². The van der Waals surface area contributed by atoms with Crippen molar-refractivity contribution in [2.45, 2.75) is 0 Å². The van der Waals surface area contributed by atoms with Gasteiger partial charge in [0, 0.05) is 43.8 Å². The van der Waals surface area contributed by atoms with E-state index >= 15 is 0 Å². The lowest BCUT2D eigenvalue weighted by atomic mass is 10.0. The van der Waals surface area contributed by atoms with Crippen LogP contribution in [0.2, 0.25) is 0 Å². The van der Waals surface area contributed by atoms with Crippen molar-refractivity contribution in [3.8, 4) is 56.7 Å². The van der Waals surface area contributed by atoms with Crippen LogP contribution in [0.5, 0.6) is 0 Å². The first-order valence-electron chi connectivity index (χ1n) is 18.9. The van der Waals surface area contributed by atoms with Gasteiger partial charge in [-0.15, -0.1) is 0 Å². The van der Waals surface area contributed by atoms with E-state index in [1.165, 1.54) is 32.6 Å². The fraction of sp³-hybridized carbons (Fsp3) is 0. The number of para-hydroxylation sites is 3. The monoisotopic (exact) mass is 715 g/mol. The maximum Gasteiger partial charge on any atom is 0.164 e. The Hall–Kier alpha value is -7.63. The highest BCUT2D eigenvalue weighted by molar-refractivity contribution is 6.16. The molecule has 0 saturated heterocycles. The highest BCUT2D eigenvalue weighted by Gasteiger charge is 2.22. The fourth-order valence-corrected chi connectivity index (χ4v) is 8.28. The van der Waals surface area contributed by atoms with Gasteiger partial charge in [0.25, 0.3) is 0 Å². The number of nitrogens with zero attached hydrogens (tertiary/aromatic N) is 5. The Morgan fingerprint density at radius 3 is 1.29 bits per heavy atom. The number of hydrogen-bond donors (Lipinski definition) is 0. The largest absolute Gasteiger partial charge is 0.309 e. The van der Waals surface area contributed by atoms with Crippen LogP contribution in [0, 0.1) is 0 Å². The van der Waals surface area contributed by atoms with Gasteiger partial charge in [-0.2, -0.15) is 0 Å². The van der Waals surface area contributed by atoms with Crippen LogP contribution in [0.4, 0.5) is 0 Å². The minimum atomic E-state index is 0.616. The van der Waals surface area contributed by atoms with Crippen LogP contribution in [0.3, 0.4) is 0 Å². The van der Waals surface area contributed by atoms with Crippen molar-refractivity contribution in [1.29, 1.82) is 0 Å². The average Bonchev–Trinajstić information content (AvgIpc) is 3.80. The van der Waals surface area contributed by atoms with Crippen LogP contribution in [0.15, 0.2) is 200 Å². The van der Waals surface area contributed by atoms with Gasteiger partial charge in [-0.1, -0.05) is 164 Å². The third kappa shape index (κ3) is 5.13. The van der Waals surface area contributed by atoms with Crippen molar-refractivity contribution in [2.75, 3.05) is 0 Å². The molecule has 0 atom stereocenters. The molecule has 8 aromatic carbocycles. The Balaban J connectivity index is 1.21. The fourth-order valence-electron chi connectivity index (χ4n) is 8.28. The van der Waals surface area contributed by atoms with Gasteiger partial charge in [-0.25, -0.2) is 15.0 Å². The van der Waals surface area contributed by atoms with E-state index in [-0.39, 0.29) is 0 Å². The summed E-state index contributed by atoms with van der Waals surface area (Å²) in [6.07, 6.45) is 0. The predicted molar refractivity (Wildman–Crippen MR) is 230 cm³/mol. The maximum atomic E-state index is 5.12. The summed E-state index contributed by atoms with van der Waals surface area (Å²) < 4.78 is 4.85. The molecule has 56 heavy (non-hydrogen) atoms. The Bertz CT molecular complexity index is 3120. The van der Waals surface area contributed by atoms with E-state index in [1.807, 2.05) is 60.7 Å².